The maximum absolute atomic E-state index is 10.9. The predicted molar refractivity (Wildman–Crippen MR) is 64.3 cm³/mol. The van der Waals surface area contributed by atoms with E-state index in [1.54, 1.807) is 0 Å². The highest BCUT2D eigenvalue weighted by molar-refractivity contribution is 8.00. The monoisotopic (exact) mass is 254 g/mol. The number of thioether (sulfide) groups is 2. The van der Waals surface area contributed by atoms with Crippen LogP contribution in [0.25, 0.3) is 0 Å². The molecule has 1 heterocycles. The zero-order chi connectivity index (χ0) is 12.1. The normalized spacial score (nSPS) is 9.81. The molecule has 0 saturated carbocycles. The topological polar surface area (TPSA) is 92.7 Å². The van der Waals surface area contributed by atoms with Crippen molar-refractivity contribution in [3.8, 4) is 6.07 Å². The summed E-state index contributed by atoms with van der Waals surface area (Å²) in [5.74, 6) is 0.421. The molecule has 0 aliphatic heterocycles. The first-order valence-corrected chi connectivity index (χ1v) is 6.53. The predicted octanol–water partition coefficient (Wildman–Crippen LogP) is 1.33. The van der Waals surface area contributed by atoms with Gasteiger partial charge in [-0.15, -0.1) is 11.8 Å². The van der Waals surface area contributed by atoms with E-state index in [2.05, 4.69) is 9.97 Å². The molecule has 1 aromatic rings. The summed E-state index contributed by atoms with van der Waals surface area (Å²) in [5, 5.41) is 10.0. The molecule has 0 atom stereocenters. The summed E-state index contributed by atoms with van der Waals surface area (Å²) in [6.07, 6.45) is 1.81. The van der Waals surface area contributed by atoms with Gasteiger partial charge in [0.1, 0.15) is 27.5 Å². The maximum atomic E-state index is 10.9. The highest BCUT2D eigenvalue weighted by atomic mass is 32.2. The lowest BCUT2D eigenvalue weighted by Crippen LogP contribution is -2.03. The van der Waals surface area contributed by atoms with Crippen LogP contribution < -0.4 is 5.73 Å². The minimum Gasteiger partial charge on any atom is -0.368 e. The number of nitrogen functional groups attached to an aromatic ring is 1. The fourth-order valence-electron chi connectivity index (χ4n) is 0.954. The van der Waals surface area contributed by atoms with Crippen LogP contribution in [0, 0.1) is 11.3 Å². The summed E-state index contributed by atoms with van der Waals surface area (Å²) in [5.41, 5.74) is 5.90. The van der Waals surface area contributed by atoms with E-state index in [1.165, 1.54) is 30.4 Å². The Labute approximate surface area is 102 Å². The third-order valence-corrected chi connectivity index (χ3v) is 3.38. The fourth-order valence-corrected chi connectivity index (χ4v) is 2.33. The van der Waals surface area contributed by atoms with E-state index < -0.39 is 0 Å². The number of nitrogens with zero attached hydrogens (tertiary/aromatic N) is 3. The summed E-state index contributed by atoms with van der Waals surface area (Å²) in [7, 11) is 0. The van der Waals surface area contributed by atoms with Gasteiger partial charge < -0.3 is 5.73 Å². The van der Waals surface area contributed by atoms with Crippen molar-refractivity contribution in [2.24, 2.45) is 0 Å². The standard InChI is InChI=1S/C9H10N4OS2/c1-5(14)4-16-8-6(3-10)7(15-2)12-9(11)13-8/h4H2,1-2H3,(H2,11,12,13). The van der Waals surface area contributed by atoms with Gasteiger partial charge in [0.25, 0.3) is 0 Å². The minimum absolute atomic E-state index is 0.0248. The molecule has 16 heavy (non-hydrogen) atoms. The lowest BCUT2D eigenvalue weighted by atomic mass is 10.4. The second kappa shape index (κ2) is 5.72. The van der Waals surface area contributed by atoms with Crippen LogP contribution in [0.3, 0.4) is 0 Å². The number of hydrogen-bond acceptors (Lipinski definition) is 7. The van der Waals surface area contributed by atoms with E-state index in [-0.39, 0.29) is 17.5 Å². The molecule has 7 heteroatoms. The van der Waals surface area contributed by atoms with Crippen LogP contribution in [0.2, 0.25) is 0 Å². The third-order valence-electron chi connectivity index (χ3n) is 1.58. The number of anilines is 1. The van der Waals surface area contributed by atoms with Crippen LogP contribution in [-0.4, -0.2) is 27.8 Å². The molecule has 84 valence electrons. The van der Waals surface area contributed by atoms with Gasteiger partial charge in [0.15, 0.2) is 0 Å². The van der Waals surface area contributed by atoms with Crippen LogP contribution >= 0.6 is 23.5 Å². The number of aromatic nitrogens is 2. The van der Waals surface area contributed by atoms with Gasteiger partial charge in [-0.2, -0.15) is 5.26 Å². The molecule has 0 fully saturated rings. The van der Waals surface area contributed by atoms with Crippen LogP contribution in [-0.2, 0) is 4.79 Å². The molecular weight excluding hydrogens is 244 g/mol. The molecule has 0 spiro atoms. The zero-order valence-electron chi connectivity index (χ0n) is 8.85. The van der Waals surface area contributed by atoms with Crippen molar-refractivity contribution in [2.75, 3.05) is 17.7 Å². The van der Waals surface area contributed by atoms with Gasteiger partial charge >= 0.3 is 0 Å². The summed E-state index contributed by atoms with van der Waals surface area (Å²) < 4.78 is 0. The molecule has 0 radical (unpaired) electrons. The van der Waals surface area contributed by atoms with Crippen LogP contribution in [0.15, 0.2) is 10.1 Å². The average molecular weight is 254 g/mol. The van der Waals surface area contributed by atoms with Crippen molar-refractivity contribution in [2.45, 2.75) is 17.0 Å². The van der Waals surface area contributed by atoms with Gasteiger partial charge in [-0.1, -0.05) is 11.8 Å². The molecule has 0 aliphatic carbocycles. The van der Waals surface area contributed by atoms with Gasteiger partial charge in [-0.3, -0.25) is 4.79 Å². The Balaban J connectivity index is 3.11. The van der Waals surface area contributed by atoms with E-state index in [0.717, 1.165) is 0 Å². The summed E-state index contributed by atoms with van der Waals surface area (Å²) >= 11 is 2.54. The number of Topliss-reactive ketones (excluding diaryl/α,β-unsaturated/α-hetero) is 1. The van der Waals surface area contributed by atoms with Gasteiger partial charge in [-0.25, -0.2) is 9.97 Å². The number of ketones is 1. The minimum atomic E-state index is 0.0248. The summed E-state index contributed by atoms with van der Waals surface area (Å²) in [6, 6.07) is 2.03. The zero-order valence-corrected chi connectivity index (χ0v) is 10.5. The molecule has 0 bridgehead atoms. The molecule has 0 amide bonds. The first-order chi connectivity index (χ1) is 7.58. The van der Waals surface area contributed by atoms with Crippen molar-refractivity contribution in [1.82, 2.24) is 9.97 Å². The third kappa shape index (κ3) is 3.12. The fraction of sp³-hybridized carbons (Fsp3) is 0.333. The van der Waals surface area contributed by atoms with Crippen molar-refractivity contribution in [3.05, 3.63) is 5.56 Å². The number of hydrogen-bond donors (Lipinski definition) is 1. The summed E-state index contributed by atoms with van der Waals surface area (Å²) in [4.78, 5) is 18.8. The number of nitriles is 1. The van der Waals surface area contributed by atoms with E-state index in [1.807, 2.05) is 12.3 Å². The van der Waals surface area contributed by atoms with E-state index >= 15 is 0 Å². The van der Waals surface area contributed by atoms with Crippen molar-refractivity contribution >= 4 is 35.3 Å². The number of rotatable bonds is 4. The lowest BCUT2D eigenvalue weighted by molar-refractivity contribution is -0.114. The molecule has 2 N–H and O–H groups in total. The van der Waals surface area contributed by atoms with E-state index in [9.17, 15) is 4.79 Å². The van der Waals surface area contributed by atoms with Crippen molar-refractivity contribution < 1.29 is 4.79 Å². The molecule has 0 unspecified atom stereocenters. The SMILES string of the molecule is CSc1nc(N)nc(SCC(C)=O)c1C#N. The van der Waals surface area contributed by atoms with E-state index in [4.69, 9.17) is 11.0 Å². The van der Waals surface area contributed by atoms with Crippen LogP contribution in [0.4, 0.5) is 5.95 Å². The molecule has 1 rings (SSSR count). The van der Waals surface area contributed by atoms with Crippen molar-refractivity contribution in [3.63, 3.8) is 0 Å². The highest BCUT2D eigenvalue weighted by Gasteiger charge is 2.13. The molecular formula is C9H10N4OS2. The summed E-state index contributed by atoms with van der Waals surface area (Å²) in [6.45, 7) is 1.49. The van der Waals surface area contributed by atoms with Gasteiger partial charge in [0, 0.05) is 0 Å². The second-order valence-electron chi connectivity index (χ2n) is 2.87. The lowest BCUT2D eigenvalue weighted by Gasteiger charge is -2.05. The largest absolute Gasteiger partial charge is 0.368 e. The van der Waals surface area contributed by atoms with Crippen LogP contribution in [0.5, 0.6) is 0 Å². The number of carbonyl (C=O) groups excluding carboxylic acids is 1. The van der Waals surface area contributed by atoms with Gasteiger partial charge in [-0.05, 0) is 13.2 Å². The number of nitrogens with two attached hydrogens (primary N) is 1. The molecule has 0 saturated heterocycles. The molecule has 5 nitrogen and oxygen atoms in total. The molecule has 0 aromatic carbocycles. The quantitative estimate of drug-likeness (QED) is 0.640. The smallest absolute Gasteiger partial charge is 0.222 e. The van der Waals surface area contributed by atoms with Gasteiger partial charge in [0.2, 0.25) is 5.95 Å². The molecule has 0 aliphatic rings. The average Bonchev–Trinajstić information content (AvgIpc) is 2.25. The van der Waals surface area contributed by atoms with Gasteiger partial charge in [0.05, 0.1) is 5.75 Å². The van der Waals surface area contributed by atoms with Crippen LogP contribution in [0.1, 0.15) is 12.5 Å². The Kier molecular flexibility index (Phi) is 4.58. The first-order valence-electron chi connectivity index (χ1n) is 4.32. The maximum Gasteiger partial charge on any atom is 0.222 e. The Morgan fingerprint density at radius 2 is 2.12 bits per heavy atom. The van der Waals surface area contributed by atoms with E-state index in [0.29, 0.717) is 15.6 Å². The number of carbonyl (C=O) groups is 1. The molecule has 1 aromatic heterocycles. The Morgan fingerprint density at radius 1 is 1.50 bits per heavy atom. The first kappa shape index (κ1) is 12.8. The highest BCUT2D eigenvalue weighted by Crippen LogP contribution is 2.27. The second-order valence-corrected chi connectivity index (χ2v) is 4.63. The Morgan fingerprint density at radius 3 is 2.62 bits per heavy atom. The Bertz CT molecular complexity index is 456. The van der Waals surface area contributed by atoms with Crippen molar-refractivity contribution in [1.29, 1.82) is 5.26 Å². The Hall–Kier alpha value is -1.26.